The first kappa shape index (κ1) is 10.1. The summed E-state index contributed by atoms with van der Waals surface area (Å²) in [4.78, 5) is 14.6. The summed E-state index contributed by atoms with van der Waals surface area (Å²) >= 11 is 3.40. The van der Waals surface area contributed by atoms with E-state index >= 15 is 0 Å². The molecule has 2 nitrogen and oxygen atoms in total. The number of carbonyl (C=O) groups is 1. The average Bonchev–Trinajstić information content (AvgIpc) is 2.11. The lowest BCUT2D eigenvalue weighted by Crippen LogP contribution is -1.88. The summed E-state index contributed by atoms with van der Waals surface area (Å²) < 4.78 is 0.959. The van der Waals surface area contributed by atoms with E-state index in [1.807, 2.05) is 19.1 Å². The van der Waals surface area contributed by atoms with Gasteiger partial charge in [0.05, 0.1) is 0 Å². The van der Waals surface area contributed by atoms with Crippen LogP contribution in [0.4, 0.5) is 0 Å². The van der Waals surface area contributed by atoms with Crippen LogP contribution in [0.15, 0.2) is 22.3 Å². The fraction of sp³-hybridized carbons (Fsp3) is 0.200. The van der Waals surface area contributed by atoms with Gasteiger partial charge in [-0.3, -0.25) is 9.78 Å². The molecule has 0 aliphatic heterocycles. The lowest BCUT2D eigenvalue weighted by atomic mass is 10.1. The van der Waals surface area contributed by atoms with Gasteiger partial charge in [0.1, 0.15) is 6.29 Å². The molecule has 0 fully saturated rings. The number of carbonyl (C=O) groups excluding carboxylic acids is 1. The maximum absolute atomic E-state index is 10.4. The Kier molecular flexibility index (Phi) is 3.37. The van der Waals surface area contributed by atoms with E-state index in [0.29, 0.717) is 5.57 Å². The van der Waals surface area contributed by atoms with E-state index < -0.39 is 0 Å². The first-order valence-electron chi connectivity index (χ1n) is 3.89. The Hall–Kier alpha value is -0.960. The lowest BCUT2D eigenvalue weighted by molar-refractivity contribution is -0.104. The van der Waals surface area contributed by atoms with Crippen LogP contribution < -0.4 is 0 Å². The molecule has 0 unspecified atom stereocenters. The molecular formula is C10H10BrNO. The zero-order valence-corrected chi connectivity index (χ0v) is 9.13. The molecule has 0 aliphatic carbocycles. The van der Waals surface area contributed by atoms with Crippen molar-refractivity contribution in [2.75, 3.05) is 0 Å². The number of halogens is 1. The van der Waals surface area contributed by atoms with Gasteiger partial charge < -0.3 is 0 Å². The Labute approximate surface area is 85.8 Å². The molecule has 1 rings (SSSR count). The van der Waals surface area contributed by atoms with Gasteiger partial charge in [-0.2, -0.15) is 0 Å². The molecule has 0 amide bonds. The van der Waals surface area contributed by atoms with E-state index in [1.165, 1.54) is 0 Å². The molecule has 1 heterocycles. The van der Waals surface area contributed by atoms with Gasteiger partial charge in [-0.1, -0.05) is 15.9 Å². The van der Waals surface area contributed by atoms with Crippen LogP contribution >= 0.6 is 15.9 Å². The number of pyridine rings is 1. The zero-order valence-electron chi connectivity index (χ0n) is 7.54. The minimum Gasteiger partial charge on any atom is -0.298 e. The fourth-order valence-electron chi connectivity index (χ4n) is 0.982. The highest BCUT2D eigenvalue weighted by atomic mass is 79.9. The van der Waals surface area contributed by atoms with Gasteiger partial charge in [-0.15, -0.1) is 0 Å². The Morgan fingerprint density at radius 1 is 1.62 bits per heavy atom. The molecule has 0 bridgehead atoms. The van der Waals surface area contributed by atoms with Crippen LogP contribution in [-0.2, 0) is 4.79 Å². The van der Waals surface area contributed by atoms with E-state index in [-0.39, 0.29) is 0 Å². The second-order valence-electron chi connectivity index (χ2n) is 2.80. The molecule has 1 aromatic rings. The normalized spacial score (nSPS) is 11.5. The van der Waals surface area contributed by atoms with E-state index in [9.17, 15) is 4.79 Å². The van der Waals surface area contributed by atoms with Crippen molar-refractivity contribution in [1.82, 2.24) is 4.98 Å². The van der Waals surface area contributed by atoms with E-state index in [0.717, 1.165) is 22.0 Å². The van der Waals surface area contributed by atoms with Crippen molar-refractivity contribution in [3.8, 4) is 0 Å². The second-order valence-corrected chi connectivity index (χ2v) is 3.65. The summed E-state index contributed by atoms with van der Waals surface area (Å²) in [6.45, 7) is 3.68. The van der Waals surface area contributed by atoms with Crippen LogP contribution in [0.2, 0.25) is 0 Å². The quantitative estimate of drug-likeness (QED) is 0.587. The van der Waals surface area contributed by atoms with Gasteiger partial charge >= 0.3 is 0 Å². The van der Waals surface area contributed by atoms with E-state index in [4.69, 9.17) is 0 Å². The first-order chi connectivity index (χ1) is 6.15. The molecule has 13 heavy (non-hydrogen) atoms. The van der Waals surface area contributed by atoms with Gasteiger partial charge in [0, 0.05) is 21.9 Å². The Balaban J connectivity index is 3.21. The van der Waals surface area contributed by atoms with Gasteiger partial charge in [0.2, 0.25) is 0 Å². The topological polar surface area (TPSA) is 30.0 Å². The van der Waals surface area contributed by atoms with Crippen molar-refractivity contribution in [2.24, 2.45) is 0 Å². The minimum atomic E-state index is 0.691. The summed E-state index contributed by atoms with van der Waals surface area (Å²) in [6, 6.07) is 1.86. The zero-order chi connectivity index (χ0) is 9.84. The van der Waals surface area contributed by atoms with Crippen LogP contribution in [0.1, 0.15) is 18.2 Å². The van der Waals surface area contributed by atoms with Crippen LogP contribution in [0.3, 0.4) is 0 Å². The third-order valence-electron chi connectivity index (χ3n) is 1.69. The molecule has 0 aliphatic rings. The smallest absolute Gasteiger partial charge is 0.145 e. The Morgan fingerprint density at radius 3 is 2.85 bits per heavy atom. The van der Waals surface area contributed by atoms with Crippen molar-refractivity contribution in [3.63, 3.8) is 0 Å². The maximum Gasteiger partial charge on any atom is 0.145 e. The minimum absolute atomic E-state index is 0.691. The lowest BCUT2D eigenvalue weighted by Gasteiger charge is -2.01. The van der Waals surface area contributed by atoms with Crippen molar-refractivity contribution in [2.45, 2.75) is 13.8 Å². The molecule has 0 saturated carbocycles. The molecule has 0 saturated heterocycles. The van der Waals surface area contributed by atoms with E-state index in [1.54, 1.807) is 13.1 Å². The molecule has 1 aromatic heterocycles. The standard InChI is InChI=1S/C10H10BrNO/c1-7(6-13)5-9-8(2)12-4-3-10(9)11/h3-6H,1-2H3/b7-5+. The number of aldehydes is 1. The molecule has 68 valence electrons. The summed E-state index contributed by atoms with van der Waals surface area (Å²) in [5.74, 6) is 0. The van der Waals surface area contributed by atoms with Gasteiger partial charge in [-0.05, 0) is 31.6 Å². The van der Waals surface area contributed by atoms with Gasteiger partial charge in [0.15, 0.2) is 0 Å². The van der Waals surface area contributed by atoms with E-state index in [2.05, 4.69) is 20.9 Å². The number of rotatable bonds is 2. The molecule has 0 N–H and O–H groups in total. The predicted molar refractivity (Wildman–Crippen MR) is 56.4 cm³/mol. The highest BCUT2D eigenvalue weighted by molar-refractivity contribution is 9.10. The molecule has 0 aromatic carbocycles. The number of hydrogen-bond donors (Lipinski definition) is 0. The van der Waals surface area contributed by atoms with Gasteiger partial charge in [0.25, 0.3) is 0 Å². The fourth-order valence-corrected chi connectivity index (χ4v) is 1.50. The number of hydrogen-bond acceptors (Lipinski definition) is 2. The molecule has 0 atom stereocenters. The molecular weight excluding hydrogens is 230 g/mol. The summed E-state index contributed by atoms with van der Waals surface area (Å²) in [5.41, 5.74) is 2.57. The number of aryl methyl sites for hydroxylation is 1. The highest BCUT2D eigenvalue weighted by Crippen LogP contribution is 2.20. The largest absolute Gasteiger partial charge is 0.298 e. The van der Waals surface area contributed by atoms with Crippen LogP contribution in [-0.4, -0.2) is 11.3 Å². The van der Waals surface area contributed by atoms with Crippen LogP contribution in [0.5, 0.6) is 0 Å². The second kappa shape index (κ2) is 4.33. The molecule has 3 heteroatoms. The van der Waals surface area contributed by atoms with Crippen molar-refractivity contribution < 1.29 is 4.79 Å². The number of aromatic nitrogens is 1. The summed E-state index contributed by atoms with van der Waals surface area (Å²) in [6.07, 6.45) is 4.38. The average molecular weight is 240 g/mol. The Bertz CT molecular complexity index is 338. The van der Waals surface area contributed by atoms with Crippen LogP contribution in [0.25, 0.3) is 6.08 Å². The predicted octanol–water partition coefficient (Wildman–Crippen LogP) is 2.75. The molecule has 0 spiro atoms. The highest BCUT2D eigenvalue weighted by Gasteiger charge is 2.01. The van der Waals surface area contributed by atoms with Crippen LogP contribution in [0, 0.1) is 6.92 Å². The van der Waals surface area contributed by atoms with Crippen molar-refractivity contribution in [3.05, 3.63) is 33.6 Å². The van der Waals surface area contributed by atoms with Gasteiger partial charge in [-0.25, -0.2) is 0 Å². The maximum atomic E-state index is 10.4. The third-order valence-corrected chi connectivity index (χ3v) is 2.39. The summed E-state index contributed by atoms with van der Waals surface area (Å²) in [7, 11) is 0. The summed E-state index contributed by atoms with van der Waals surface area (Å²) in [5, 5.41) is 0. The Morgan fingerprint density at radius 2 is 2.31 bits per heavy atom. The van der Waals surface area contributed by atoms with Crippen molar-refractivity contribution >= 4 is 28.3 Å². The third kappa shape index (κ3) is 2.49. The van der Waals surface area contributed by atoms with Crippen molar-refractivity contribution in [1.29, 1.82) is 0 Å². The first-order valence-corrected chi connectivity index (χ1v) is 4.69. The number of nitrogens with zero attached hydrogens (tertiary/aromatic N) is 1. The number of allylic oxidation sites excluding steroid dienone is 1. The SMILES string of the molecule is C/C(C=O)=C\c1c(Br)ccnc1C. The molecule has 0 radical (unpaired) electrons. The monoisotopic (exact) mass is 239 g/mol.